The molecule has 0 N–H and O–H groups in total. The zero-order chi connectivity index (χ0) is 9.84. The van der Waals surface area contributed by atoms with Gasteiger partial charge in [-0.2, -0.15) is 5.26 Å². The fourth-order valence-corrected chi connectivity index (χ4v) is 0.959. The maximum atomic E-state index is 8.66. The van der Waals surface area contributed by atoms with Crippen LogP contribution in [0.25, 0.3) is 0 Å². The molecule has 1 aromatic rings. The Hall–Kier alpha value is -1.41. The summed E-state index contributed by atoms with van der Waals surface area (Å²) in [5, 5.41) is 16.4. The zero-order valence-corrected chi connectivity index (χ0v) is 8.10. The van der Waals surface area contributed by atoms with Gasteiger partial charge in [-0.25, -0.2) is 0 Å². The molecular weight excluding hydrogens is 166 g/mol. The fraction of sp³-hybridized carbons (Fsp3) is 0.625. The van der Waals surface area contributed by atoms with E-state index in [1.807, 2.05) is 32.1 Å². The lowest BCUT2D eigenvalue weighted by Crippen LogP contribution is -2.27. The third-order valence-electron chi connectivity index (χ3n) is 1.91. The average Bonchev–Trinajstić information content (AvgIpc) is 2.49. The van der Waals surface area contributed by atoms with Crippen molar-refractivity contribution in [3.63, 3.8) is 0 Å². The minimum absolute atomic E-state index is 0.0954. The van der Waals surface area contributed by atoms with E-state index < -0.39 is 0 Å². The van der Waals surface area contributed by atoms with Crippen molar-refractivity contribution in [3.05, 3.63) is 11.9 Å². The highest BCUT2D eigenvalue weighted by atomic mass is 15.4. The van der Waals surface area contributed by atoms with Crippen molar-refractivity contribution < 1.29 is 0 Å². The van der Waals surface area contributed by atoms with E-state index in [0.29, 0.717) is 6.54 Å². The van der Waals surface area contributed by atoms with Crippen LogP contribution in [0.2, 0.25) is 0 Å². The molecule has 0 aliphatic carbocycles. The second-order valence-electron chi connectivity index (χ2n) is 3.10. The van der Waals surface area contributed by atoms with Gasteiger partial charge in [-0.1, -0.05) is 5.21 Å². The summed E-state index contributed by atoms with van der Waals surface area (Å²) in [4.78, 5) is 1.92. The van der Waals surface area contributed by atoms with E-state index in [0.717, 1.165) is 5.69 Å². The predicted molar refractivity (Wildman–Crippen MR) is 47.5 cm³/mol. The molecule has 5 nitrogen and oxygen atoms in total. The third kappa shape index (κ3) is 2.53. The molecule has 0 saturated heterocycles. The van der Waals surface area contributed by atoms with Crippen molar-refractivity contribution >= 4 is 0 Å². The molecule has 0 aliphatic heterocycles. The summed E-state index contributed by atoms with van der Waals surface area (Å²) in [6.45, 7) is 2.51. The van der Waals surface area contributed by atoms with E-state index in [9.17, 15) is 0 Å². The van der Waals surface area contributed by atoms with Gasteiger partial charge in [0.1, 0.15) is 0 Å². The summed E-state index contributed by atoms with van der Waals surface area (Å²) in [6.07, 6.45) is 1.85. The number of aryl methyl sites for hydroxylation is 1. The number of hydrogen-bond donors (Lipinski definition) is 0. The van der Waals surface area contributed by atoms with Crippen LogP contribution in [0.4, 0.5) is 0 Å². The van der Waals surface area contributed by atoms with Crippen molar-refractivity contribution in [2.45, 2.75) is 19.5 Å². The number of rotatable bonds is 3. The van der Waals surface area contributed by atoms with E-state index in [-0.39, 0.29) is 6.04 Å². The minimum atomic E-state index is -0.0954. The normalized spacial score (nSPS) is 12.8. The molecule has 1 aromatic heterocycles. The van der Waals surface area contributed by atoms with Gasteiger partial charge in [0.15, 0.2) is 0 Å². The van der Waals surface area contributed by atoms with Crippen LogP contribution in [0.5, 0.6) is 0 Å². The molecular formula is C8H13N5. The first kappa shape index (κ1) is 9.68. The van der Waals surface area contributed by atoms with Gasteiger partial charge in [0.25, 0.3) is 0 Å². The molecule has 0 aromatic carbocycles. The number of nitriles is 1. The second-order valence-corrected chi connectivity index (χ2v) is 3.10. The first-order chi connectivity index (χ1) is 6.13. The summed E-state index contributed by atoms with van der Waals surface area (Å²) in [7, 11) is 3.72. The zero-order valence-electron chi connectivity index (χ0n) is 8.10. The van der Waals surface area contributed by atoms with Gasteiger partial charge in [0, 0.05) is 19.8 Å². The molecule has 70 valence electrons. The summed E-state index contributed by atoms with van der Waals surface area (Å²) in [6, 6.07) is 2.07. The van der Waals surface area contributed by atoms with Crippen LogP contribution in [-0.2, 0) is 13.6 Å². The van der Waals surface area contributed by atoms with Gasteiger partial charge in [0.05, 0.1) is 17.8 Å². The minimum Gasteiger partial charge on any atom is -0.285 e. The molecule has 0 spiro atoms. The molecule has 0 bridgehead atoms. The molecule has 5 heteroatoms. The van der Waals surface area contributed by atoms with Gasteiger partial charge in [-0.3, -0.25) is 9.58 Å². The van der Waals surface area contributed by atoms with Crippen LogP contribution in [0.3, 0.4) is 0 Å². The van der Waals surface area contributed by atoms with Crippen LogP contribution in [0.15, 0.2) is 6.20 Å². The number of aromatic nitrogens is 3. The topological polar surface area (TPSA) is 57.7 Å². The molecule has 1 atom stereocenters. The van der Waals surface area contributed by atoms with Crippen LogP contribution in [0, 0.1) is 11.3 Å². The molecule has 1 rings (SSSR count). The number of hydrogen-bond acceptors (Lipinski definition) is 4. The highest BCUT2D eigenvalue weighted by Gasteiger charge is 2.09. The van der Waals surface area contributed by atoms with Crippen LogP contribution >= 0.6 is 0 Å². The van der Waals surface area contributed by atoms with Gasteiger partial charge in [-0.05, 0) is 14.0 Å². The van der Waals surface area contributed by atoms with Gasteiger partial charge >= 0.3 is 0 Å². The molecule has 1 heterocycles. The van der Waals surface area contributed by atoms with E-state index in [4.69, 9.17) is 5.26 Å². The van der Waals surface area contributed by atoms with E-state index in [2.05, 4.69) is 16.4 Å². The third-order valence-corrected chi connectivity index (χ3v) is 1.91. The summed E-state index contributed by atoms with van der Waals surface area (Å²) in [5.74, 6) is 0. The number of nitrogens with zero attached hydrogens (tertiary/aromatic N) is 5. The van der Waals surface area contributed by atoms with E-state index >= 15 is 0 Å². The summed E-state index contributed by atoms with van der Waals surface area (Å²) in [5.41, 5.74) is 0.882. The maximum absolute atomic E-state index is 8.66. The Kier molecular flexibility index (Phi) is 2.98. The Morgan fingerprint density at radius 2 is 2.46 bits per heavy atom. The van der Waals surface area contributed by atoms with E-state index in [1.165, 1.54) is 0 Å². The Bertz CT molecular complexity index is 311. The van der Waals surface area contributed by atoms with Gasteiger partial charge in [0.2, 0.25) is 0 Å². The lowest BCUT2D eigenvalue weighted by Gasteiger charge is -2.16. The van der Waals surface area contributed by atoms with Crippen LogP contribution in [0.1, 0.15) is 12.6 Å². The smallest absolute Gasteiger partial charge is 0.0967 e. The van der Waals surface area contributed by atoms with Crippen LogP contribution in [-0.4, -0.2) is 33.0 Å². The highest BCUT2D eigenvalue weighted by molar-refractivity contribution is 4.95. The van der Waals surface area contributed by atoms with Crippen LogP contribution < -0.4 is 0 Å². The molecule has 0 radical (unpaired) electrons. The summed E-state index contributed by atoms with van der Waals surface area (Å²) < 4.78 is 1.65. The van der Waals surface area contributed by atoms with Crippen molar-refractivity contribution in [1.29, 1.82) is 5.26 Å². The molecule has 0 saturated carbocycles. The Morgan fingerprint density at radius 3 is 2.92 bits per heavy atom. The first-order valence-corrected chi connectivity index (χ1v) is 4.08. The quantitative estimate of drug-likeness (QED) is 0.663. The van der Waals surface area contributed by atoms with Gasteiger partial charge in [-0.15, -0.1) is 5.10 Å². The molecule has 0 fully saturated rings. The highest BCUT2D eigenvalue weighted by Crippen LogP contribution is 2.01. The second kappa shape index (κ2) is 4.01. The fourth-order valence-electron chi connectivity index (χ4n) is 0.959. The molecule has 0 aliphatic rings. The maximum Gasteiger partial charge on any atom is 0.0967 e. The Balaban J connectivity index is 2.55. The lowest BCUT2D eigenvalue weighted by molar-refractivity contribution is 0.291. The van der Waals surface area contributed by atoms with Crippen molar-refractivity contribution in [2.24, 2.45) is 7.05 Å². The standard InChI is InChI=1S/C8H13N5/c1-7(4-9)12(2)5-8-6-13(3)11-10-8/h6-7H,5H2,1-3H3. The lowest BCUT2D eigenvalue weighted by atomic mass is 10.3. The van der Waals surface area contributed by atoms with Crippen molar-refractivity contribution in [3.8, 4) is 6.07 Å². The largest absolute Gasteiger partial charge is 0.285 e. The first-order valence-electron chi connectivity index (χ1n) is 4.08. The van der Waals surface area contributed by atoms with Gasteiger partial charge < -0.3 is 0 Å². The molecule has 1 unspecified atom stereocenters. The van der Waals surface area contributed by atoms with Crippen molar-refractivity contribution in [1.82, 2.24) is 19.9 Å². The summed E-state index contributed by atoms with van der Waals surface area (Å²) >= 11 is 0. The Labute approximate surface area is 77.6 Å². The Morgan fingerprint density at radius 1 is 1.77 bits per heavy atom. The average molecular weight is 179 g/mol. The van der Waals surface area contributed by atoms with Crippen molar-refractivity contribution in [2.75, 3.05) is 7.05 Å². The SMILES string of the molecule is CC(C#N)N(C)Cc1cn(C)nn1. The van der Waals surface area contributed by atoms with E-state index in [1.54, 1.807) is 4.68 Å². The molecule has 0 amide bonds. The monoisotopic (exact) mass is 179 g/mol. The predicted octanol–water partition coefficient (Wildman–Crippen LogP) is 0.159. The molecule has 13 heavy (non-hydrogen) atoms.